The van der Waals surface area contributed by atoms with Crippen LogP contribution in [-0.4, -0.2) is 72.7 Å². The van der Waals surface area contributed by atoms with Crippen LogP contribution < -0.4 is 10.1 Å². The van der Waals surface area contributed by atoms with Crippen molar-refractivity contribution < 1.29 is 27.8 Å². The van der Waals surface area contributed by atoms with Gasteiger partial charge in [0.05, 0.1) is 35.2 Å². The molecule has 0 spiro atoms. The summed E-state index contributed by atoms with van der Waals surface area (Å²) >= 11 is 3.39. The van der Waals surface area contributed by atoms with E-state index in [1.54, 1.807) is 20.8 Å². The van der Waals surface area contributed by atoms with E-state index in [2.05, 4.69) is 46.2 Å². The molecule has 1 aliphatic carbocycles. The van der Waals surface area contributed by atoms with Crippen LogP contribution in [-0.2, 0) is 29.2 Å². The van der Waals surface area contributed by atoms with E-state index in [1.807, 2.05) is 0 Å². The molecule has 1 aromatic carbocycles. The third-order valence-corrected chi connectivity index (χ3v) is 9.38. The summed E-state index contributed by atoms with van der Waals surface area (Å²) in [6.45, 7) is 7.35. The first-order chi connectivity index (χ1) is 20.5. The molecular formula is C29H34BrF2N7O4. The predicted molar refractivity (Wildman–Crippen MR) is 155 cm³/mol. The highest BCUT2D eigenvalue weighted by molar-refractivity contribution is 9.10. The van der Waals surface area contributed by atoms with Gasteiger partial charge >= 0.3 is 12.1 Å². The number of fused-ring (bicyclic) bond motifs is 4. The zero-order chi connectivity index (χ0) is 30.1. The van der Waals surface area contributed by atoms with Gasteiger partial charge in [0, 0.05) is 24.4 Å². The average Bonchev–Trinajstić information content (AvgIpc) is 3.24. The van der Waals surface area contributed by atoms with Crippen molar-refractivity contribution >= 4 is 38.7 Å². The lowest BCUT2D eigenvalue weighted by molar-refractivity contribution is 0.0508. The number of carbonyl (C=O) groups is 1. The SMILES string of the molecule is CC(C)(C)OC(=O)n1nc(C2CC2)nc1CNc1nc(OC[C@@]23CCCN2C[C@H](F)C3)nc2c(F)c(Br)c3c(c12)COC3. The molecule has 11 nitrogen and oxygen atoms in total. The molecule has 0 amide bonds. The van der Waals surface area contributed by atoms with Gasteiger partial charge in [-0.1, -0.05) is 0 Å². The van der Waals surface area contributed by atoms with Crippen molar-refractivity contribution in [3.8, 4) is 6.01 Å². The van der Waals surface area contributed by atoms with Crippen LogP contribution in [0.4, 0.5) is 19.4 Å². The Morgan fingerprint density at radius 2 is 2.00 bits per heavy atom. The van der Waals surface area contributed by atoms with Gasteiger partial charge in [-0.05, 0) is 74.5 Å². The summed E-state index contributed by atoms with van der Waals surface area (Å²) < 4.78 is 49.0. The lowest BCUT2D eigenvalue weighted by Crippen LogP contribution is -2.43. The number of hydrogen-bond acceptors (Lipinski definition) is 10. The molecule has 3 aliphatic heterocycles. The van der Waals surface area contributed by atoms with Crippen molar-refractivity contribution in [1.82, 2.24) is 29.6 Å². The van der Waals surface area contributed by atoms with E-state index in [0.29, 0.717) is 45.9 Å². The van der Waals surface area contributed by atoms with Crippen molar-refractivity contribution in [3.05, 3.63) is 33.1 Å². The van der Waals surface area contributed by atoms with Crippen LogP contribution in [0, 0.1) is 5.82 Å². The Bertz CT molecular complexity index is 1610. The Balaban J connectivity index is 1.24. The first-order valence-electron chi connectivity index (χ1n) is 14.7. The number of aromatic nitrogens is 5. The highest BCUT2D eigenvalue weighted by Gasteiger charge is 2.49. The van der Waals surface area contributed by atoms with Crippen molar-refractivity contribution in [2.24, 2.45) is 0 Å². The maximum absolute atomic E-state index is 15.8. The Labute approximate surface area is 255 Å². The van der Waals surface area contributed by atoms with E-state index >= 15 is 4.39 Å². The fourth-order valence-electron chi connectivity index (χ4n) is 6.41. The third-order valence-electron chi connectivity index (χ3n) is 8.56. The molecule has 0 bridgehead atoms. The molecule has 43 heavy (non-hydrogen) atoms. The number of carbonyl (C=O) groups excluding carboxylic acids is 1. The minimum atomic E-state index is -0.905. The summed E-state index contributed by atoms with van der Waals surface area (Å²) in [6, 6.07) is -0.0181. The van der Waals surface area contributed by atoms with E-state index in [0.717, 1.165) is 37.8 Å². The first kappa shape index (κ1) is 28.8. The maximum atomic E-state index is 15.8. The highest BCUT2D eigenvalue weighted by atomic mass is 79.9. The second-order valence-electron chi connectivity index (χ2n) is 12.9. The quantitative estimate of drug-likeness (QED) is 0.354. The zero-order valence-electron chi connectivity index (χ0n) is 24.4. The number of halogens is 3. The van der Waals surface area contributed by atoms with Gasteiger partial charge in [-0.2, -0.15) is 9.97 Å². The molecule has 1 saturated carbocycles. The molecular weight excluding hydrogens is 628 g/mol. The summed E-state index contributed by atoms with van der Waals surface area (Å²) in [5.74, 6) is 0.911. The van der Waals surface area contributed by atoms with Gasteiger partial charge in [-0.25, -0.2) is 18.6 Å². The molecule has 5 heterocycles. The van der Waals surface area contributed by atoms with Gasteiger partial charge in [0.15, 0.2) is 17.5 Å². The molecule has 230 valence electrons. The average molecular weight is 663 g/mol. The molecule has 3 fully saturated rings. The van der Waals surface area contributed by atoms with Gasteiger partial charge in [0.2, 0.25) is 0 Å². The molecule has 7 rings (SSSR count). The van der Waals surface area contributed by atoms with Crippen LogP contribution in [0.15, 0.2) is 4.47 Å². The van der Waals surface area contributed by atoms with Gasteiger partial charge in [-0.3, -0.25) is 4.90 Å². The molecule has 0 unspecified atom stereocenters. The number of anilines is 1. The molecule has 14 heteroatoms. The summed E-state index contributed by atoms with van der Waals surface area (Å²) in [5.41, 5.74) is 0.398. The minimum Gasteiger partial charge on any atom is -0.461 e. The zero-order valence-corrected chi connectivity index (χ0v) is 26.0. The molecule has 3 aromatic rings. The largest absolute Gasteiger partial charge is 0.461 e. The van der Waals surface area contributed by atoms with Crippen LogP contribution >= 0.6 is 15.9 Å². The molecule has 2 aromatic heterocycles. The van der Waals surface area contributed by atoms with E-state index < -0.39 is 29.2 Å². The molecule has 0 radical (unpaired) electrons. The van der Waals surface area contributed by atoms with Crippen LogP contribution in [0.5, 0.6) is 6.01 Å². The predicted octanol–water partition coefficient (Wildman–Crippen LogP) is 5.38. The lowest BCUT2D eigenvalue weighted by Gasteiger charge is -2.30. The minimum absolute atomic E-state index is 0.0181. The van der Waals surface area contributed by atoms with Gasteiger partial charge in [0.25, 0.3) is 0 Å². The van der Waals surface area contributed by atoms with Crippen molar-refractivity contribution in [3.63, 3.8) is 0 Å². The number of rotatable bonds is 7. The van der Waals surface area contributed by atoms with E-state index in [1.165, 1.54) is 4.68 Å². The molecule has 4 aliphatic rings. The standard InChI is InChI=1S/C29H34BrF2N7O4/c1-28(2,3)43-27(40)39-19(34-24(37-39)15-5-6-15)10-33-25-20-17-12-41-13-18(17)21(30)22(32)23(20)35-26(36-25)42-14-29-7-4-8-38(29)11-16(31)9-29/h15-16H,4-14H2,1-3H3,(H,33,35,36)/t16-,29+/m1/s1. The van der Waals surface area contributed by atoms with Gasteiger partial charge in [0.1, 0.15) is 29.7 Å². The Kier molecular flexibility index (Phi) is 7.08. The second-order valence-corrected chi connectivity index (χ2v) is 13.7. The van der Waals surface area contributed by atoms with E-state index in [9.17, 15) is 9.18 Å². The summed E-state index contributed by atoms with van der Waals surface area (Å²) in [6.07, 6.45) is 2.57. The van der Waals surface area contributed by atoms with Crippen LogP contribution in [0.3, 0.4) is 0 Å². The number of alkyl halides is 1. The summed E-state index contributed by atoms with van der Waals surface area (Å²) in [4.78, 5) is 29.0. The smallest absolute Gasteiger partial charge is 0.437 e. The topological polar surface area (TPSA) is 117 Å². The maximum Gasteiger partial charge on any atom is 0.437 e. The Morgan fingerprint density at radius 1 is 1.21 bits per heavy atom. The molecule has 2 saturated heterocycles. The van der Waals surface area contributed by atoms with Crippen molar-refractivity contribution in [1.29, 1.82) is 0 Å². The number of ether oxygens (including phenoxy) is 3. The number of nitrogens with zero attached hydrogens (tertiary/aromatic N) is 6. The molecule has 1 N–H and O–H groups in total. The van der Waals surface area contributed by atoms with Gasteiger partial charge in [-0.15, -0.1) is 9.78 Å². The monoisotopic (exact) mass is 661 g/mol. The second kappa shape index (κ2) is 10.6. The third kappa shape index (κ3) is 5.35. The number of hydrogen-bond donors (Lipinski definition) is 1. The van der Waals surface area contributed by atoms with Gasteiger partial charge < -0.3 is 19.5 Å². The van der Waals surface area contributed by atoms with Crippen molar-refractivity contribution in [2.45, 2.75) is 95.9 Å². The highest BCUT2D eigenvalue weighted by Crippen LogP contribution is 2.42. The van der Waals surface area contributed by atoms with E-state index in [-0.39, 0.29) is 43.8 Å². The first-order valence-corrected chi connectivity index (χ1v) is 15.5. The normalized spacial score (nSPS) is 23.5. The summed E-state index contributed by atoms with van der Waals surface area (Å²) in [7, 11) is 0. The van der Waals surface area contributed by atoms with E-state index in [4.69, 9.17) is 14.2 Å². The van der Waals surface area contributed by atoms with Crippen LogP contribution in [0.1, 0.15) is 81.6 Å². The molecule has 2 atom stereocenters. The summed E-state index contributed by atoms with van der Waals surface area (Å²) in [5, 5.41) is 8.18. The number of nitrogens with one attached hydrogen (secondary N) is 1. The van der Waals surface area contributed by atoms with Crippen molar-refractivity contribution in [2.75, 3.05) is 25.0 Å². The fourth-order valence-corrected chi connectivity index (χ4v) is 6.96. The Morgan fingerprint density at radius 3 is 2.77 bits per heavy atom. The lowest BCUT2D eigenvalue weighted by atomic mass is 9.95. The van der Waals surface area contributed by atoms with Crippen LogP contribution in [0.25, 0.3) is 10.9 Å². The number of benzene rings is 1. The van der Waals surface area contributed by atoms with Crippen LogP contribution in [0.2, 0.25) is 0 Å². The Hall–Kier alpha value is -2.97. The fraction of sp³-hybridized carbons (Fsp3) is 0.621.